The van der Waals surface area contributed by atoms with Gasteiger partial charge in [-0.3, -0.25) is 28.9 Å². The van der Waals surface area contributed by atoms with E-state index in [-0.39, 0.29) is 60.8 Å². The molecule has 6 rings (SSSR count). The number of nitrogens with zero attached hydrogens (tertiary/aromatic N) is 7. The SMILES string of the molecule is C=CC(=O)N1CCN2C(=O)[C@H](C)N(C(=O)CN3C[C@H]4CC(=O)N(c5cc(C(F)(F)F)cc(C)n5)[C@@H]4C(=O)N(C)c4cccc(F)c43)C[C@H]2C1. The van der Waals surface area contributed by atoms with E-state index in [2.05, 4.69) is 11.6 Å². The van der Waals surface area contributed by atoms with Gasteiger partial charge in [0.2, 0.25) is 29.5 Å². The van der Waals surface area contributed by atoms with Gasteiger partial charge in [-0.2, -0.15) is 13.2 Å². The fraction of sp³-hybridized carbons (Fsp3) is 0.455. The van der Waals surface area contributed by atoms with Gasteiger partial charge in [0.05, 0.1) is 29.5 Å². The number of carbonyl (C=O) groups excluding carboxylic acids is 5. The molecule has 4 atom stereocenters. The van der Waals surface area contributed by atoms with Crippen LogP contribution in [0.5, 0.6) is 0 Å². The van der Waals surface area contributed by atoms with E-state index in [4.69, 9.17) is 0 Å². The van der Waals surface area contributed by atoms with E-state index in [1.54, 1.807) is 16.7 Å². The molecule has 0 spiro atoms. The molecule has 0 aliphatic carbocycles. The monoisotopic (exact) mass is 685 g/mol. The lowest BCUT2D eigenvalue weighted by atomic mass is 9.95. The molecule has 0 saturated carbocycles. The Labute approximate surface area is 279 Å². The molecule has 49 heavy (non-hydrogen) atoms. The number of likely N-dealkylation sites (N-methyl/N-ethyl adjacent to an activating group) is 1. The molecule has 0 unspecified atom stereocenters. The van der Waals surface area contributed by atoms with Gasteiger partial charge < -0.3 is 24.5 Å². The number of alkyl halides is 3. The lowest BCUT2D eigenvalue weighted by Gasteiger charge is -2.49. The zero-order valence-electron chi connectivity index (χ0n) is 27.1. The average Bonchev–Trinajstić information content (AvgIpc) is 3.38. The van der Waals surface area contributed by atoms with Gasteiger partial charge in [-0.15, -0.1) is 0 Å². The quantitative estimate of drug-likeness (QED) is 0.358. The van der Waals surface area contributed by atoms with Crippen molar-refractivity contribution >= 4 is 46.7 Å². The third-order valence-corrected chi connectivity index (χ3v) is 9.76. The first-order valence-corrected chi connectivity index (χ1v) is 15.8. The van der Waals surface area contributed by atoms with Crippen LogP contribution in [0.4, 0.5) is 34.8 Å². The Hall–Kier alpha value is -5.02. The van der Waals surface area contributed by atoms with E-state index < -0.39 is 65.9 Å². The maximum Gasteiger partial charge on any atom is 0.416 e. The molecule has 4 aliphatic heterocycles. The van der Waals surface area contributed by atoms with Gasteiger partial charge in [-0.25, -0.2) is 9.37 Å². The first-order chi connectivity index (χ1) is 23.1. The van der Waals surface area contributed by atoms with Gasteiger partial charge in [0.15, 0.2) is 0 Å². The summed E-state index contributed by atoms with van der Waals surface area (Å²) < 4.78 is 56.9. The molecule has 3 saturated heterocycles. The zero-order chi connectivity index (χ0) is 35.5. The van der Waals surface area contributed by atoms with Crippen LogP contribution in [0, 0.1) is 18.7 Å². The summed E-state index contributed by atoms with van der Waals surface area (Å²) in [5.74, 6) is -4.35. The number of hydrogen-bond acceptors (Lipinski definition) is 7. The normalized spacial score (nSPS) is 24.3. The number of fused-ring (bicyclic) bond motifs is 3. The second-order valence-electron chi connectivity index (χ2n) is 12.8. The summed E-state index contributed by atoms with van der Waals surface area (Å²) in [7, 11) is 1.37. The van der Waals surface area contributed by atoms with Crippen molar-refractivity contribution in [2.75, 3.05) is 61.0 Å². The lowest BCUT2D eigenvalue weighted by Crippen LogP contribution is -2.68. The summed E-state index contributed by atoms with van der Waals surface area (Å²) >= 11 is 0. The molecular formula is C33H35F4N7O5. The fourth-order valence-corrected chi connectivity index (χ4v) is 7.37. The predicted molar refractivity (Wildman–Crippen MR) is 169 cm³/mol. The molecule has 1 aromatic heterocycles. The summed E-state index contributed by atoms with van der Waals surface area (Å²) in [5.41, 5.74) is -1.02. The minimum Gasteiger partial charge on any atom is -0.358 e. The summed E-state index contributed by atoms with van der Waals surface area (Å²) in [6.45, 7) is 6.79. The first kappa shape index (κ1) is 33.9. The molecule has 16 heteroatoms. The van der Waals surface area contributed by atoms with Gasteiger partial charge in [0.25, 0.3) is 0 Å². The number of hydrogen-bond donors (Lipinski definition) is 0. The number of anilines is 3. The Morgan fingerprint density at radius 2 is 1.80 bits per heavy atom. The molecule has 260 valence electrons. The van der Waals surface area contributed by atoms with Crippen molar-refractivity contribution in [1.29, 1.82) is 0 Å². The van der Waals surface area contributed by atoms with Crippen LogP contribution in [-0.4, -0.2) is 114 Å². The highest BCUT2D eigenvalue weighted by molar-refractivity contribution is 6.10. The van der Waals surface area contributed by atoms with E-state index >= 15 is 4.39 Å². The molecule has 3 fully saturated rings. The smallest absolute Gasteiger partial charge is 0.358 e. The summed E-state index contributed by atoms with van der Waals surface area (Å²) in [6, 6.07) is 2.96. The number of aryl methyl sites for hydroxylation is 1. The minimum atomic E-state index is -4.74. The highest BCUT2D eigenvalue weighted by Gasteiger charge is 2.50. The molecule has 2 aromatic rings. The molecule has 5 heterocycles. The second-order valence-corrected chi connectivity index (χ2v) is 12.8. The predicted octanol–water partition coefficient (Wildman–Crippen LogP) is 2.21. The van der Waals surface area contributed by atoms with Gasteiger partial charge >= 0.3 is 6.18 Å². The number of aromatic nitrogens is 1. The number of halogens is 4. The van der Waals surface area contributed by atoms with Crippen molar-refractivity contribution in [3.05, 3.63) is 60.1 Å². The van der Waals surface area contributed by atoms with Crippen LogP contribution in [0.3, 0.4) is 0 Å². The number of carbonyl (C=O) groups is 5. The van der Waals surface area contributed by atoms with Crippen LogP contribution in [0.25, 0.3) is 0 Å². The Morgan fingerprint density at radius 3 is 2.49 bits per heavy atom. The van der Waals surface area contributed by atoms with Crippen LogP contribution in [0.15, 0.2) is 43.0 Å². The van der Waals surface area contributed by atoms with Crippen LogP contribution >= 0.6 is 0 Å². The van der Waals surface area contributed by atoms with Crippen LogP contribution in [-0.2, 0) is 30.1 Å². The molecule has 1 aromatic carbocycles. The number of pyridine rings is 1. The molecular weight excluding hydrogens is 650 g/mol. The van der Waals surface area contributed by atoms with Crippen LogP contribution in [0.2, 0.25) is 0 Å². The Bertz CT molecular complexity index is 1750. The maximum atomic E-state index is 15.7. The van der Waals surface area contributed by atoms with Crippen molar-refractivity contribution < 1.29 is 41.5 Å². The van der Waals surface area contributed by atoms with E-state index in [1.165, 1.54) is 48.0 Å². The van der Waals surface area contributed by atoms with Crippen LogP contribution in [0.1, 0.15) is 24.6 Å². The highest BCUT2D eigenvalue weighted by Crippen LogP contribution is 2.41. The Balaban J connectivity index is 1.34. The van der Waals surface area contributed by atoms with Gasteiger partial charge in [-0.1, -0.05) is 12.6 Å². The van der Waals surface area contributed by atoms with E-state index in [0.717, 1.165) is 21.9 Å². The average molecular weight is 686 g/mol. The molecule has 0 radical (unpaired) electrons. The number of rotatable bonds is 4. The minimum absolute atomic E-state index is 0.00827. The number of benzene rings is 1. The summed E-state index contributed by atoms with van der Waals surface area (Å²) in [6.07, 6.45) is -3.83. The van der Waals surface area contributed by atoms with Gasteiger partial charge in [-0.05, 0) is 44.2 Å². The third kappa shape index (κ3) is 5.97. The van der Waals surface area contributed by atoms with Crippen molar-refractivity contribution in [2.45, 2.75) is 44.6 Å². The third-order valence-electron chi connectivity index (χ3n) is 9.76. The zero-order valence-corrected chi connectivity index (χ0v) is 27.1. The van der Waals surface area contributed by atoms with Crippen molar-refractivity contribution in [2.24, 2.45) is 5.92 Å². The standard InChI is InChI=1S/C33H35F4N7O5/c1-5-26(45)40-9-10-42-22(15-40)16-43(19(3)31(42)48)28(47)17-41-14-20-12-27(46)44(25-13-21(33(35,36)37)11-18(2)38-25)29(20)32(49)39(4)24-8-6-7-23(34)30(24)41/h5-8,11,13,19-20,22,29H,1,9-10,12,14-17H2,2-4H3/t19-,20+,22+,29-/m0/s1. The Kier molecular flexibility index (Phi) is 8.61. The number of amides is 5. The summed E-state index contributed by atoms with van der Waals surface area (Å²) in [5, 5.41) is 0. The lowest BCUT2D eigenvalue weighted by molar-refractivity contribution is -0.158. The molecule has 0 N–H and O–H groups in total. The largest absolute Gasteiger partial charge is 0.416 e. The number of para-hydroxylation sites is 1. The van der Waals surface area contributed by atoms with Crippen molar-refractivity contribution in [1.82, 2.24) is 19.7 Å². The Morgan fingerprint density at radius 1 is 1.06 bits per heavy atom. The fourth-order valence-electron chi connectivity index (χ4n) is 7.37. The molecule has 5 amide bonds. The summed E-state index contributed by atoms with van der Waals surface area (Å²) in [4.78, 5) is 79.6. The molecule has 4 aliphatic rings. The molecule has 0 bridgehead atoms. The van der Waals surface area contributed by atoms with Crippen LogP contribution < -0.4 is 14.7 Å². The highest BCUT2D eigenvalue weighted by atomic mass is 19.4. The topological polar surface area (TPSA) is 118 Å². The van der Waals surface area contributed by atoms with E-state index in [9.17, 15) is 37.1 Å². The second kappa shape index (κ2) is 12.5. The van der Waals surface area contributed by atoms with E-state index in [1.807, 2.05) is 0 Å². The van der Waals surface area contributed by atoms with Gasteiger partial charge in [0.1, 0.15) is 23.7 Å². The van der Waals surface area contributed by atoms with Crippen molar-refractivity contribution in [3.63, 3.8) is 0 Å². The van der Waals surface area contributed by atoms with Gasteiger partial charge in [0, 0.05) is 57.8 Å². The maximum absolute atomic E-state index is 15.7. The van der Waals surface area contributed by atoms with Crippen molar-refractivity contribution in [3.8, 4) is 0 Å². The number of piperazine rings is 2. The first-order valence-electron chi connectivity index (χ1n) is 15.8. The molecule has 12 nitrogen and oxygen atoms in total. The van der Waals surface area contributed by atoms with E-state index in [0.29, 0.717) is 13.1 Å².